The van der Waals surface area contributed by atoms with Gasteiger partial charge in [0.05, 0.1) is 26.7 Å². The molecule has 0 aliphatic carbocycles. The van der Waals surface area contributed by atoms with Gasteiger partial charge in [0.2, 0.25) is 5.91 Å². The van der Waals surface area contributed by atoms with Gasteiger partial charge in [-0.25, -0.2) is 4.79 Å². The molecule has 2 rings (SSSR count). The van der Waals surface area contributed by atoms with Gasteiger partial charge in [0.15, 0.2) is 0 Å². The Balaban J connectivity index is 1.91. The summed E-state index contributed by atoms with van der Waals surface area (Å²) in [6.07, 6.45) is -0.0899. The van der Waals surface area contributed by atoms with Crippen LogP contribution in [0.2, 0.25) is 0 Å². The van der Waals surface area contributed by atoms with Gasteiger partial charge in [0.1, 0.15) is 11.8 Å². The van der Waals surface area contributed by atoms with Crippen LogP contribution in [0.25, 0.3) is 0 Å². The quantitative estimate of drug-likeness (QED) is 0.525. The maximum absolute atomic E-state index is 12.3. The van der Waals surface area contributed by atoms with Crippen LogP contribution >= 0.6 is 0 Å². The molecule has 4 amide bonds. The molecular formula is C16H21N3O5. The fraction of sp³-hybridized carbons (Fsp3) is 0.438. The molecule has 1 unspecified atom stereocenters. The van der Waals surface area contributed by atoms with Gasteiger partial charge < -0.3 is 20.1 Å². The molecule has 0 aromatic heterocycles. The fourth-order valence-electron chi connectivity index (χ4n) is 2.33. The largest absolute Gasteiger partial charge is 0.497 e. The Morgan fingerprint density at radius 1 is 1.25 bits per heavy atom. The first kappa shape index (κ1) is 17.7. The van der Waals surface area contributed by atoms with Crippen LogP contribution in [0.3, 0.4) is 0 Å². The van der Waals surface area contributed by atoms with Crippen molar-refractivity contribution in [3.8, 4) is 5.75 Å². The highest BCUT2D eigenvalue weighted by Gasteiger charge is 2.38. The minimum atomic E-state index is -0.835. The van der Waals surface area contributed by atoms with E-state index in [0.29, 0.717) is 18.9 Å². The molecule has 1 atom stereocenters. The highest BCUT2D eigenvalue weighted by atomic mass is 16.5. The predicted octanol–water partition coefficient (Wildman–Crippen LogP) is 0.268. The Bertz CT molecular complexity index is 602. The van der Waals surface area contributed by atoms with E-state index in [1.54, 1.807) is 31.4 Å². The molecule has 130 valence electrons. The van der Waals surface area contributed by atoms with Gasteiger partial charge in [-0.1, -0.05) is 12.1 Å². The molecule has 1 aliphatic heterocycles. The molecule has 0 radical (unpaired) electrons. The van der Waals surface area contributed by atoms with E-state index in [4.69, 9.17) is 9.47 Å². The van der Waals surface area contributed by atoms with Crippen molar-refractivity contribution in [3.05, 3.63) is 29.8 Å². The molecule has 8 nitrogen and oxygen atoms in total. The minimum Gasteiger partial charge on any atom is -0.497 e. The molecular weight excluding hydrogens is 314 g/mol. The zero-order chi connectivity index (χ0) is 17.5. The van der Waals surface area contributed by atoms with Gasteiger partial charge >= 0.3 is 6.03 Å². The molecule has 0 bridgehead atoms. The molecule has 24 heavy (non-hydrogen) atoms. The summed E-state index contributed by atoms with van der Waals surface area (Å²) < 4.78 is 9.90. The summed E-state index contributed by atoms with van der Waals surface area (Å²) in [5, 5.41) is 5.16. The summed E-state index contributed by atoms with van der Waals surface area (Å²) in [7, 11) is 3.10. The number of carbonyl (C=O) groups excluding carboxylic acids is 3. The Hall–Kier alpha value is -2.61. The number of imide groups is 1. The normalized spacial score (nSPS) is 16.9. The maximum Gasteiger partial charge on any atom is 0.325 e. The van der Waals surface area contributed by atoms with Gasteiger partial charge in [-0.3, -0.25) is 14.5 Å². The second-order valence-electron chi connectivity index (χ2n) is 5.32. The third kappa shape index (κ3) is 4.45. The van der Waals surface area contributed by atoms with E-state index in [2.05, 4.69) is 10.6 Å². The molecule has 1 heterocycles. The molecule has 0 saturated carbocycles. The maximum atomic E-state index is 12.3. The van der Waals surface area contributed by atoms with Crippen LogP contribution < -0.4 is 15.4 Å². The predicted molar refractivity (Wildman–Crippen MR) is 85.4 cm³/mol. The highest BCUT2D eigenvalue weighted by Crippen LogP contribution is 2.16. The zero-order valence-corrected chi connectivity index (χ0v) is 13.7. The first-order valence-corrected chi connectivity index (χ1v) is 7.55. The summed E-state index contributed by atoms with van der Waals surface area (Å²) in [6.45, 7) is 0.899. The van der Waals surface area contributed by atoms with Crippen LogP contribution in [-0.4, -0.2) is 56.2 Å². The van der Waals surface area contributed by atoms with E-state index >= 15 is 0 Å². The van der Waals surface area contributed by atoms with Crippen LogP contribution in [0.15, 0.2) is 24.3 Å². The average Bonchev–Trinajstić information content (AvgIpc) is 2.83. The van der Waals surface area contributed by atoms with Gasteiger partial charge in [-0.2, -0.15) is 0 Å². The molecule has 1 aliphatic rings. The average molecular weight is 335 g/mol. The smallest absolute Gasteiger partial charge is 0.325 e. The van der Waals surface area contributed by atoms with Crippen molar-refractivity contribution in [2.24, 2.45) is 0 Å². The van der Waals surface area contributed by atoms with Gasteiger partial charge in [-0.05, 0) is 17.7 Å². The first-order valence-electron chi connectivity index (χ1n) is 7.55. The van der Waals surface area contributed by atoms with Crippen LogP contribution in [0.5, 0.6) is 5.75 Å². The molecule has 1 saturated heterocycles. The number of methoxy groups -OCH3 is 2. The summed E-state index contributed by atoms with van der Waals surface area (Å²) in [6, 6.07) is 5.75. The van der Waals surface area contributed by atoms with Crippen molar-refractivity contribution in [2.45, 2.75) is 19.0 Å². The van der Waals surface area contributed by atoms with Crippen molar-refractivity contribution in [1.29, 1.82) is 0 Å². The lowest BCUT2D eigenvalue weighted by Gasteiger charge is -2.13. The SMILES string of the molecule is COCCNC(=O)CC1NC(=O)N(Cc2ccc(OC)cc2)C1=O. The van der Waals surface area contributed by atoms with E-state index in [1.807, 2.05) is 0 Å². The molecule has 1 aromatic rings. The van der Waals surface area contributed by atoms with Crippen LogP contribution in [-0.2, 0) is 20.9 Å². The highest BCUT2D eigenvalue weighted by molar-refractivity contribution is 6.05. The Morgan fingerprint density at radius 2 is 1.96 bits per heavy atom. The van der Waals surface area contributed by atoms with Crippen LogP contribution in [0.4, 0.5) is 4.79 Å². The van der Waals surface area contributed by atoms with Gasteiger partial charge in [0.25, 0.3) is 5.91 Å². The van der Waals surface area contributed by atoms with Gasteiger partial charge in [-0.15, -0.1) is 0 Å². The van der Waals surface area contributed by atoms with E-state index in [0.717, 1.165) is 10.5 Å². The number of ether oxygens (including phenoxy) is 2. The molecule has 2 N–H and O–H groups in total. The van der Waals surface area contributed by atoms with Crippen LogP contribution in [0, 0.1) is 0 Å². The third-order valence-corrected chi connectivity index (χ3v) is 3.62. The Morgan fingerprint density at radius 3 is 2.58 bits per heavy atom. The lowest BCUT2D eigenvalue weighted by Crippen LogP contribution is -2.37. The minimum absolute atomic E-state index is 0.0899. The number of rotatable bonds is 8. The standard InChI is InChI=1S/C16H21N3O5/c1-23-8-7-17-14(20)9-13-15(21)19(16(22)18-13)10-11-3-5-12(24-2)6-4-11/h3-6,13H,7-10H2,1-2H3,(H,17,20)(H,18,22). The fourth-order valence-corrected chi connectivity index (χ4v) is 2.33. The Kier molecular flexibility index (Phi) is 6.14. The number of urea groups is 1. The number of hydrogen-bond donors (Lipinski definition) is 2. The third-order valence-electron chi connectivity index (χ3n) is 3.62. The number of amides is 4. The molecule has 8 heteroatoms. The van der Waals surface area contributed by atoms with Crippen molar-refractivity contribution < 1.29 is 23.9 Å². The number of nitrogens with one attached hydrogen (secondary N) is 2. The van der Waals surface area contributed by atoms with Crippen molar-refractivity contribution in [2.75, 3.05) is 27.4 Å². The number of hydrogen-bond acceptors (Lipinski definition) is 5. The molecule has 1 aromatic carbocycles. The lowest BCUT2D eigenvalue weighted by atomic mass is 10.1. The van der Waals surface area contributed by atoms with Crippen molar-refractivity contribution >= 4 is 17.8 Å². The second-order valence-corrected chi connectivity index (χ2v) is 5.32. The van der Waals surface area contributed by atoms with E-state index in [-0.39, 0.29) is 18.9 Å². The molecule has 1 fully saturated rings. The van der Waals surface area contributed by atoms with Crippen molar-refractivity contribution in [3.63, 3.8) is 0 Å². The van der Waals surface area contributed by atoms with Crippen molar-refractivity contribution in [1.82, 2.24) is 15.5 Å². The van der Waals surface area contributed by atoms with Crippen LogP contribution in [0.1, 0.15) is 12.0 Å². The summed E-state index contributed by atoms with van der Waals surface area (Å²) in [5.41, 5.74) is 0.796. The zero-order valence-electron chi connectivity index (χ0n) is 13.7. The summed E-state index contributed by atoms with van der Waals surface area (Å²) in [5.74, 6) is -0.0173. The molecule has 0 spiro atoms. The number of carbonyl (C=O) groups is 3. The monoisotopic (exact) mass is 335 g/mol. The second kappa shape index (κ2) is 8.30. The van der Waals surface area contributed by atoms with Gasteiger partial charge in [0, 0.05) is 13.7 Å². The van der Waals surface area contributed by atoms with E-state index in [1.165, 1.54) is 7.11 Å². The summed E-state index contributed by atoms with van der Waals surface area (Å²) in [4.78, 5) is 37.2. The van der Waals surface area contributed by atoms with E-state index < -0.39 is 18.0 Å². The topological polar surface area (TPSA) is 97.0 Å². The Labute approximate surface area is 140 Å². The number of nitrogens with zero attached hydrogens (tertiary/aromatic N) is 1. The summed E-state index contributed by atoms with van der Waals surface area (Å²) >= 11 is 0. The van der Waals surface area contributed by atoms with E-state index in [9.17, 15) is 14.4 Å². The number of benzene rings is 1. The lowest BCUT2D eigenvalue weighted by molar-refractivity contribution is -0.131. The first-order chi connectivity index (χ1) is 11.5.